The molecule has 0 bridgehead atoms. The van der Waals surface area contributed by atoms with E-state index < -0.39 is 15.1 Å². The normalized spacial score (nSPS) is 16.2. The summed E-state index contributed by atoms with van der Waals surface area (Å²) < 4.78 is 35.2. The molecule has 7 heteroatoms. The van der Waals surface area contributed by atoms with Crippen LogP contribution in [0.25, 0.3) is 0 Å². The van der Waals surface area contributed by atoms with E-state index in [9.17, 15) is 13.2 Å². The molecule has 1 amide bonds. The highest BCUT2D eigenvalue weighted by Gasteiger charge is 2.25. The summed E-state index contributed by atoms with van der Waals surface area (Å²) in [4.78, 5) is 14.7. The Kier molecular flexibility index (Phi) is 7.61. The number of nitrogens with zero attached hydrogens (tertiary/aromatic N) is 1. The monoisotopic (exact) mass is 383 g/mol. The summed E-state index contributed by atoms with van der Waals surface area (Å²) in [6, 6.07) is 6.37. The van der Waals surface area contributed by atoms with Crippen molar-refractivity contribution in [1.29, 1.82) is 0 Å². The zero-order valence-corrected chi connectivity index (χ0v) is 16.6. The van der Waals surface area contributed by atoms with E-state index >= 15 is 0 Å². The van der Waals surface area contributed by atoms with Crippen LogP contribution >= 0.6 is 0 Å². The van der Waals surface area contributed by atoms with Crippen LogP contribution in [0.1, 0.15) is 37.0 Å². The standard InChI is InChI=1S/C19H29NO5S/c1-15(2)26(22,23)18-6-4-5-17(13-18)19(21)20-9-7-16(8-10-20)14-25-12-11-24-3/h4-6,13,15-16H,7-12,14H2,1-3H3. The van der Waals surface area contributed by atoms with Crippen LogP contribution in [0.4, 0.5) is 0 Å². The minimum atomic E-state index is -3.39. The number of likely N-dealkylation sites (tertiary alicyclic amines) is 1. The second-order valence-electron chi connectivity index (χ2n) is 6.92. The number of rotatable bonds is 8. The van der Waals surface area contributed by atoms with E-state index in [1.165, 1.54) is 6.07 Å². The summed E-state index contributed by atoms with van der Waals surface area (Å²) in [5.41, 5.74) is 0.432. The van der Waals surface area contributed by atoms with Gasteiger partial charge in [0.05, 0.1) is 23.4 Å². The number of amides is 1. The Balaban J connectivity index is 1.95. The van der Waals surface area contributed by atoms with Crippen molar-refractivity contribution in [3.05, 3.63) is 29.8 Å². The Morgan fingerprint density at radius 2 is 1.92 bits per heavy atom. The van der Waals surface area contributed by atoms with Gasteiger partial charge in [0.2, 0.25) is 0 Å². The topological polar surface area (TPSA) is 72.9 Å². The Labute approximate surface area is 156 Å². The van der Waals surface area contributed by atoms with Crippen molar-refractivity contribution in [3.63, 3.8) is 0 Å². The molecule has 26 heavy (non-hydrogen) atoms. The van der Waals surface area contributed by atoms with Crippen molar-refractivity contribution in [2.24, 2.45) is 5.92 Å². The lowest BCUT2D eigenvalue weighted by Crippen LogP contribution is -2.39. The highest BCUT2D eigenvalue weighted by Crippen LogP contribution is 2.22. The van der Waals surface area contributed by atoms with Gasteiger partial charge in [-0.25, -0.2) is 8.42 Å². The largest absolute Gasteiger partial charge is 0.382 e. The van der Waals surface area contributed by atoms with Crippen LogP contribution < -0.4 is 0 Å². The van der Waals surface area contributed by atoms with Crippen LogP contribution in [0, 0.1) is 5.92 Å². The number of piperidine rings is 1. The molecule has 0 aliphatic carbocycles. The molecule has 1 aliphatic heterocycles. The molecular weight excluding hydrogens is 354 g/mol. The fraction of sp³-hybridized carbons (Fsp3) is 0.632. The third kappa shape index (κ3) is 5.28. The van der Waals surface area contributed by atoms with Gasteiger partial charge >= 0.3 is 0 Å². The summed E-state index contributed by atoms with van der Waals surface area (Å²) in [6.45, 7) is 6.48. The highest BCUT2D eigenvalue weighted by atomic mass is 32.2. The fourth-order valence-electron chi connectivity index (χ4n) is 2.96. The van der Waals surface area contributed by atoms with Crippen LogP contribution in [0.15, 0.2) is 29.2 Å². The van der Waals surface area contributed by atoms with Gasteiger partial charge in [-0.1, -0.05) is 6.07 Å². The molecule has 1 saturated heterocycles. The first-order valence-corrected chi connectivity index (χ1v) is 10.6. The Hall–Kier alpha value is -1.44. The summed E-state index contributed by atoms with van der Waals surface area (Å²) >= 11 is 0. The molecule has 146 valence electrons. The van der Waals surface area contributed by atoms with Crippen molar-refractivity contribution in [3.8, 4) is 0 Å². The Morgan fingerprint density at radius 3 is 2.54 bits per heavy atom. The van der Waals surface area contributed by atoms with Gasteiger partial charge in [-0.2, -0.15) is 0 Å². The number of methoxy groups -OCH3 is 1. The maximum absolute atomic E-state index is 12.7. The second kappa shape index (κ2) is 9.48. The summed E-state index contributed by atoms with van der Waals surface area (Å²) in [5.74, 6) is 0.341. The first-order valence-electron chi connectivity index (χ1n) is 9.06. The van der Waals surface area contributed by atoms with Gasteiger partial charge in [0.1, 0.15) is 0 Å². The fourth-order valence-corrected chi connectivity index (χ4v) is 4.06. The molecule has 1 aromatic carbocycles. The molecule has 1 heterocycles. The molecule has 0 spiro atoms. The molecule has 6 nitrogen and oxygen atoms in total. The summed E-state index contributed by atoms with van der Waals surface area (Å²) in [5, 5.41) is -0.512. The van der Waals surface area contributed by atoms with Crippen LogP contribution in [-0.2, 0) is 19.3 Å². The van der Waals surface area contributed by atoms with Crippen molar-refractivity contribution in [2.75, 3.05) is 40.0 Å². The zero-order chi connectivity index (χ0) is 19.2. The van der Waals surface area contributed by atoms with Gasteiger partial charge in [0.25, 0.3) is 5.91 Å². The summed E-state index contributed by atoms with van der Waals surface area (Å²) in [7, 11) is -1.74. The summed E-state index contributed by atoms with van der Waals surface area (Å²) in [6.07, 6.45) is 1.78. The molecule has 2 rings (SSSR count). The van der Waals surface area contributed by atoms with E-state index in [2.05, 4.69) is 0 Å². The van der Waals surface area contributed by atoms with E-state index in [1.54, 1.807) is 44.1 Å². The van der Waals surface area contributed by atoms with Gasteiger partial charge in [0, 0.05) is 32.4 Å². The lowest BCUT2D eigenvalue weighted by molar-refractivity contribution is 0.0327. The van der Waals surface area contributed by atoms with Crippen LogP contribution in [0.5, 0.6) is 0 Å². The number of hydrogen-bond donors (Lipinski definition) is 0. The van der Waals surface area contributed by atoms with Crippen molar-refractivity contribution in [2.45, 2.75) is 36.8 Å². The minimum Gasteiger partial charge on any atom is -0.382 e. The smallest absolute Gasteiger partial charge is 0.253 e. The van der Waals surface area contributed by atoms with Crippen LogP contribution in [0.3, 0.4) is 0 Å². The average molecular weight is 384 g/mol. The zero-order valence-electron chi connectivity index (χ0n) is 15.8. The predicted molar refractivity (Wildman–Crippen MR) is 100 cm³/mol. The predicted octanol–water partition coefficient (Wildman–Crippen LogP) is 2.38. The van der Waals surface area contributed by atoms with Crippen LogP contribution in [-0.4, -0.2) is 64.5 Å². The minimum absolute atomic E-state index is 0.107. The third-order valence-corrected chi connectivity index (χ3v) is 6.87. The SMILES string of the molecule is COCCOCC1CCN(C(=O)c2cccc(S(=O)(=O)C(C)C)c2)CC1. The highest BCUT2D eigenvalue weighted by molar-refractivity contribution is 7.92. The van der Waals surface area contributed by atoms with Crippen molar-refractivity contribution in [1.82, 2.24) is 4.90 Å². The molecule has 1 aliphatic rings. The molecule has 0 aromatic heterocycles. The van der Waals surface area contributed by atoms with E-state index in [1.807, 2.05) is 0 Å². The molecule has 1 fully saturated rings. The van der Waals surface area contributed by atoms with E-state index in [4.69, 9.17) is 9.47 Å². The molecule has 0 saturated carbocycles. The molecule has 0 atom stereocenters. The average Bonchev–Trinajstić information content (AvgIpc) is 2.65. The first kappa shape index (κ1) is 20.9. The van der Waals surface area contributed by atoms with Gasteiger partial charge < -0.3 is 14.4 Å². The first-order chi connectivity index (χ1) is 12.4. The maximum atomic E-state index is 12.7. The lowest BCUT2D eigenvalue weighted by atomic mass is 9.97. The van der Waals surface area contributed by atoms with Gasteiger partial charge in [0.15, 0.2) is 9.84 Å². The molecular formula is C19H29NO5S. The van der Waals surface area contributed by atoms with E-state index in [0.717, 1.165) is 12.8 Å². The van der Waals surface area contributed by atoms with E-state index in [0.29, 0.717) is 44.4 Å². The van der Waals surface area contributed by atoms with Gasteiger partial charge in [-0.15, -0.1) is 0 Å². The number of benzene rings is 1. The Bertz CT molecular complexity index is 694. The number of ether oxygens (including phenoxy) is 2. The van der Waals surface area contributed by atoms with Crippen LogP contribution in [0.2, 0.25) is 0 Å². The second-order valence-corrected chi connectivity index (χ2v) is 9.43. The molecule has 0 N–H and O–H groups in total. The quantitative estimate of drug-likeness (QED) is 0.645. The van der Waals surface area contributed by atoms with Gasteiger partial charge in [-0.3, -0.25) is 4.79 Å². The third-order valence-electron chi connectivity index (χ3n) is 4.72. The van der Waals surface area contributed by atoms with Crippen molar-refractivity contribution >= 4 is 15.7 Å². The number of carbonyl (C=O) groups excluding carboxylic acids is 1. The lowest BCUT2D eigenvalue weighted by Gasteiger charge is -2.32. The number of hydrogen-bond acceptors (Lipinski definition) is 5. The molecule has 1 aromatic rings. The van der Waals surface area contributed by atoms with E-state index in [-0.39, 0.29) is 10.8 Å². The molecule has 0 radical (unpaired) electrons. The van der Waals surface area contributed by atoms with Gasteiger partial charge in [-0.05, 0) is 50.8 Å². The Morgan fingerprint density at radius 1 is 1.23 bits per heavy atom. The number of carbonyl (C=O) groups is 1. The molecule has 0 unspecified atom stereocenters. The number of sulfone groups is 1. The maximum Gasteiger partial charge on any atom is 0.253 e. The van der Waals surface area contributed by atoms with Crippen molar-refractivity contribution < 1.29 is 22.7 Å².